The van der Waals surface area contributed by atoms with Crippen molar-refractivity contribution in [2.75, 3.05) is 26.4 Å². The second kappa shape index (κ2) is 13.5. The van der Waals surface area contributed by atoms with Crippen LogP contribution >= 0.6 is 12.4 Å². The van der Waals surface area contributed by atoms with Gasteiger partial charge < -0.3 is 19.5 Å². The van der Waals surface area contributed by atoms with Crippen LogP contribution in [0.3, 0.4) is 0 Å². The van der Waals surface area contributed by atoms with E-state index < -0.39 is 0 Å². The van der Waals surface area contributed by atoms with Crippen molar-refractivity contribution in [3.63, 3.8) is 0 Å². The number of nitrogens with one attached hydrogen (secondary N) is 1. The zero-order chi connectivity index (χ0) is 17.7. The predicted molar refractivity (Wildman–Crippen MR) is 108 cm³/mol. The molecule has 0 amide bonds. The van der Waals surface area contributed by atoms with Gasteiger partial charge in [0.15, 0.2) is 11.5 Å². The Morgan fingerprint density at radius 2 is 1.69 bits per heavy atom. The molecule has 0 unspecified atom stereocenters. The molecule has 0 bridgehead atoms. The van der Waals surface area contributed by atoms with Gasteiger partial charge in [0.1, 0.15) is 6.61 Å². The number of halogens is 1. The number of benzene rings is 2. The van der Waals surface area contributed by atoms with Crippen LogP contribution < -0.4 is 14.8 Å². The lowest BCUT2D eigenvalue weighted by atomic mass is 10.1. The summed E-state index contributed by atoms with van der Waals surface area (Å²) in [5.41, 5.74) is 2.25. The van der Waals surface area contributed by atoms with E-state index in [-0.39, 0.29) is 12.4 Å². The Kier molecular flexibility index (Phi) is 11.5. The van der Waals surface area contributed by atoms with Gasteiger partial charge in [0.05, 0.1) is 6.61 Å². The monoisotopic (exact) mass is 379 g/mol. The van der Waals surface area contributed by atoms with Crippen LogP contribution in [0.25, 0.3) is 0 Å². The molecule has 5 heteroatoms. The summed E-state index contributed by atoms with van der Waals surface area (Å²) in [6.45, 7) is 8.37. The average Bonchev–Trinajstić information content (AvgIpc) is 2.65. The van der Waals surface area contributed by atoms with Gasteiger partial charge in [0.25, 0.3) is 0 Å². The lowest BCUT2D eigenvalue weighted by Crippen LogP contribution is -2.17. The Balaban J connectivity index is 0.00000338. The van der Waals surface area contributed by atoms with E-state index in [9.17, 15) is 0 Å². The summed E-state index contributed by atoms with van der Waals surface area (Å²) in [5.74, 6) is 1.62. The summed E-state index contributed by atoms with van der Waals surface area (Å²) in [6, 6.07) is 16.2. The maximum absolute atomic E-state index is 6.11. The van der Waals surface area contributed by atoms with Gasteiger partial charge in [-0.05, 0) is 38.4 Å². The van der Waals surface area contributed by atoms with E-state index in [0.29, 0.717) is 13.2 Å². The van der Waals surface area contributed by atoms with Crippen molar-refractivity contribution < 1.29 is 14.2 Å². The second-order valence-electron chi connectivity index (χ2n) is 5.68. The first-order chi connectivity index (χ1) is 12.3. The molecule has 0 atom stereocenters. The molecule has 4 nitrogen and oxygen atoms in total. The van der Waals surface area contributed by atoms with E-state index in [1.54, 1.807) is 0 Å². The van der Waals surface area contributed by atoms with E-state index in [2.05, 4.69) is 23.5 Å². The second-order valence-corrected chi connectivity index (χ2v) is 5.68. The van der Waals surface area contributed by atoms with Crippen molar-refractivity contribution in [2.24, 2.45) is 0 Å². The molecule has 0 radical (unpaired) electrons. The van der Waals surface area contributed by atoms with Crippen LogP contribution in [0.2, 0.25) is 0 Å². The molecule has 26 heavy (non-hydrogen) atoms. The Morgan fingerprint density at radius 3 is 2.42 bits per heavy atom. The first kappa shape index (κ1) is 22.3. The van der Waals surface area contributed by atoms with E-state index in [0.717, 1.165) is 55.4 Å². The molecule has 1 N–H and O–H groups in total. The van der Waals surface area contributed by atoms with Gasteiger partial charge in [-0.25, -0.2) is 0 Å². The Bertz CT molecular complexity index is 607. The maximum atomic E-state index is 6.11. The van der Waals surface area contributed by atoms with Crippen LogP contribution in [-0.4, -0.2) is 26.4 Å². The third-order valence-corrected chi connectivity index (χ3v) is 3.75. The van der Waals surface area contributed by atoms with Crippen LogP contribution in [0, 0.1) is 0 Å². The third-order valence-electron chi connectivity index (χ3n) is 3.75. The smallest absolute Gasteiger partial charge is 0.166 e. The van der Waals surface area contributed by atoms with Gasteiger partial charge in [0.2, 0.25) is 0 Å². The molecular formula is C21H30ClNO3. The highest BCUT2D eigenvalue weighted by Crippen LogP contribution is 2.32. The highest BCUT2D eigenvalue weighted by molar-refractivity contribution is 5.85. The van der Waals surface area contributed by atoms with Crippen LogP contribution in [-0.2, 0) is 17.9 Å². The summed E-state index contributed by atoms with van der Waals surface area (Å²) in [5, 5.41) is 3.45. The SMILES string of the molecule is CCOCCCNCc1cccc(OCC)c1OCc1ccccc1.Cl. The van der Waals surface area contributed by atoms with Crippen LogP contribution in [0.5, 0.6) is 11.5 Å². The lowest BCUT2D eigenvalue weighted by Gasteiger charge is -2.16. The van der Waals surface area contributed by atoms with E-state index in [1.165, 1.54) is 0 Å². The molecule has 0 heterocycles. The molecule has 2 aromatic carbocycles. The summed E-state index contributed by atoms with van der Waals surface area (Å²) >= 11 is 0. The van der Waals surface area contributed by atoms with E-state index in [4.69, 9.17) is 14.2 Å². The minimum absolute atomic E-state index is 0. The molecule has 0 saturated heterocycles. The zero-order valence-electron chi connectivity index (χ0n) is 15.7. The molecule has 0 fully saturated rings. The molecule has 0 aromatic heterocycles. The topological polar surface area (TPSA) is 39.7 Å². The van der Waals surface area contributed by atoms with Gasteiger partial charge in [-0.3, -0.25) is 0 Å². The minimum Gasteiger partial charge on any atom is -0.490 e. The number of para-hydroxylation sites is 1. The van der Waals surface area contributed by atoms with Gasteiger partial charge >= 0.3 is 0 Å². The molecule has 0 aliphatic carbocycles. The molecule has 2 aromatic rings. The first-order valence-corrected chi connectivity index (χ1v) is 9.05. The van der Waals surface area contributed by atoms with Gasteiger partial charge in [-0.15, -0.1) is 12.4 Å². The number of rotatable bonds is 12. The largest absolute Gasteiger partial charge is 0.490 e. The summed E-state index contributed by atoms with van der Waals surface area (Å²) < 4.78 is 17.2. The fraction of sp³-hybridized carbons (Fsp3) is 0.429. The van der Waals surface area contributed by atoms with Crippen molar-refractivity contribution in [2.45, 2.75) is 33.4 Å². The van der Waals surface area contributed by atoms with Crippen molar-refractivity contribution in [3.8, 4) is 11.5 Å². The molecule has 2 rings (SSSR count). The summed E-state index contributed by atoms with van der Waals surface area (Å²) in [7, 11) is 0. The molecule has 0 spiro atoms. The van der Waals surface area contributed by atoms with Gasteiger partial charge in [0, 0.05) is 25.3 Å². The van der Waals surface area contributed by atoms with Crippen LogP contribution in [0.4, 0.5) is 0 Å². The van der Waals surface area contributed by atoms with Gasteiger partial charge in [-0.1, -0.05) is 42.5 Å². The molecule has 0 aliphatic rings. The first-order valence-electron chi connectivity index (χ1n) is 9.05. The highest BCUT2D eigenvalue weighted by atomic mass is 35.5. The van der Waals surface area contributed by atoms with Crippen LogP contribution in [0.1, 0.15) is 31.4 Å². The van der Waals surface area contributed by atoms with E-state index >= 15 is 0 Å². The summed E-state index contributed by atoms with van der Waals surface area (Å²) in [6.07, 6.45) is 0.999. The minimum atomic E-state index is 0. The molecular weight excluding hydrogens is 350 g/mol. The Morgan fingerprint density at radius 1 is 0.885 bits per heavy atom. The molecule has 0 saturated carbocycles. The molecule has 144 valence electrons. The Labute approximate surface area is 163 Å². The van der Waals surface area contributed by atoms with Crippen molar-refractivity contribution in [1.82, 2.24) is 5.32 Å². The third kappa shape index (κ3) is 7.65. The lowest BCUT2D eigenvalue weighted by molar-refractivity contribution is 0.144. The maximum Gasteiger partial charge on any atom is 0.166 e. The van der Waals surface area contributed by atoms with Gasteiger partial charge in [-0.2, -0.15) is 0 Å². The molecule has 0 aliphatic heterocycles. The Hall–Kier alpha value is -1.75. The van der Waals surface area contributed by atoms with Crippen molar-refractivity contribution >= 4 is 12.4 Å². The highest BCUT2D eigenvalue weighted by Gasteiger charge is 2.11. The quantitative estimate of drug-likeness (QED) is 0.547. The number of hydrogen-bond acceptors (Lipinski definition) is 4. The predicted octanol–water partition coefficient (Wildman–Crippen LogP) is 4.60. The zero-order valence-corrected chi connectivity index (χ0v) is 16.5. The van der Waals surface area contributed by atoms with Crippen molar-refractivity contribution in [3.05, 3.63) is 59.7 Å². The number of ether oxygens (including phenoxy) is 3. The fourth-order valence-electron chi connectivity index (χ4n) is 2.53. The van der Waals surface area contributed by atoms with Crippen molar-refractivity contribution in [1.29, 1.82) is 0 Å². The van der Waals surface area contributed by atoms with E-state index in [1.807, 2.05) is 44.2 Å². The normalized spacial score (nSPS) is 10.2. The average molecular weight is 380 g/mol. The fourth-order valence-corrected chi connectivity index (χ4v) is 2.53. The standard InChI is InChI=1S/C21H29NO3.ClH/c1-3-23-15-9-14-22-16-19-12-8-13-20(24-4-2)21(19)25-17-18-10-6-5-7-11-18;/h5-8,10-13,22H,3-4,9,14-17H2,1-2H3;1H. The number of hydrogen-bond donors (Lipinski definition) is 1. The summed E-state index contributed by atoms with van der Waals surface area (Å²) in [4.78, 5) is 0. The van der Waals surface area contributed by atoms with Crippen LogP contribution in [0.15, 0.2) is 48.5 Å².